The van der Waals surface area contributed by atoms with E-state index in [1.807, 2.05) is 0 Å². The number of hydrogen-bond donors (Lipinski definition) is 3. The van der Waals surface area contributed by atoms with Crippen LogP contribution in [-0.2, 0) is 9.53 Å². The molecular formula is C12H22N2O5. The third-order valence-electron chi connectivity index (χ3n) is 3.08. The number of carboxylic acids is 1. The largest absolute Gasteiger partial charge is 0.480 e. The highest BCUT2D eigenvalue weighted by atomic mass is 16.5. The van der Waals surface area contributed by atoms with Gasteiger partial charge >= 0.3 is 12.0 Å². The van der Waals surface area contributed by atoms with E-state index in [0.29, 0.717) is 13.2 Å². The van der Waals surface area contributed by atoms with E-state index in [0.717, 1.165) is 0 Å². The SMILES string of the molecule is CC(C)(C)C(NC(=O)N1CCOCC1CO)C(=O)O. The van der Waals surface area contributed by atoms with E-state index in [-0.39, 0.29) is 13.2 Å². The van der Waals surface area contributed by atoms with Gasteiger partial charge in [-0.15, -0.1) is 0 Å². The molecule has 1 aliphatic heterocycles. The number of morpholine rings is 1. The van der Waals surface area contributed by atoms with E-state index < -0.39 is 29.5 Å². The summed E-state index contributed by atoms with van der Waals surface area (Å²) in [7, 11) is 0. The number of aliphatic hydroxyl groups excluding tert-OH is 1. The summed E-state index contributed by atoms with van der Waals surface area (Å²) in [6.07, 6.45) is 0. The zero-order valence-electron chi connectivity index (χ0n) is 11.5. The van der Waals surface area contributed by atoms with Crippen molar-refractivity contribution >= 4 is 12.0 Å². The van der Waals surface area contributed by atoms with Gasteiger partial charge in [0.2, 0.25) is 0 Å². The zero-order chi connectivity index (χ0) is 14.6. The smallest absolute Gasteiger partial charge is 0.326 e. The van der Waals surface area contributed by atoms with E-state index in [4.69, 9.17) is 4.74 Å². The van der Waals surface area contributed by atoms with Gasteiger partial charge in [0.05, 0.1) is 25.9 Å². The number of carbonyl (C=O) groups is 2. The molecule has 0 aromatic carbocycles. The van der Waals surface area contributed by atoms with Crippen molar-refractivity contribution in [3.05, 3.63) is 0 Å². The van der Waals surface area contributed by atoms with Crippen LogP contribution in [0.2, 0.25) is 0 Å². The monoisotopic (exact) mass is 274 g/mol. The number of hydrogen-bond acceptors (Lipinski definition) is 4. The number of nitrogens with zero attached hydrogens (tertiary/aromatic N) is 1. The number of rotatable bonds is 3. The van der Waals surface area contributed by atoms with Crippen molar-refractivity contribution in [2.24, 2.45) is 5.41 Å². The van der Waals surface area contributed by atoms with Crippen LogP contribution in [-0.4, -0.2) is 65.6 Å². The summed E-state index contributed by atoms with van der Waals surface area (Å²) < 4.78 is 5.18. The third-order valence-corrected chi connectivity index (χ3v) is 3.08. The lowest BCUT2D eigenvalue weighted by Gasteiger charge is -2.36. The number of nitrogens with one attached hydrogen (secondary N) is 1. The summed E-state index contributed by atoms with van der Waals surface area (Å²) in [4.78, 5) is 24.7. The van der Waals surface area contributed by atoms with Gasteiger partial charge in [-0.3, -0.25) is 0 Å². The second kappa shape index (κ2) is 6.21. The van der Waals surface area contributed by atoms with Crippen molar-refractivity contribution in [2.75, 3.05) is 26.4 Å². The molecule has 19 heavy (non-hydrogen) atoms. The Morgan fingerprint density at radius 3 is 2.58 bits per heavy atom. The van der Waals surface area contributed by atoms with Crippen molar-refractivity contribution in [3.63, 3.8) is 0 Å². The fourth-order valence-electron chi connectivity index (χ4n) is 1.93. The summed E-state index contributed by atoms with van der Waals surface area (Å²) in [5.74, 6) is -1.07. The maximum atomic E-state index is 12.1. The first-order chi connectivity index (χ1) is 8.77. The summed E-state index contributed by atoms with van der Waals surface area (Å²) in [5, 5.41) is 20.9. The Kier molecular flexibility index (Phi) is 5.13. The van der Waals surface area contributed by atoms with Crippen molar-refractivity contribution < 1.29 is 24.5 Å². The quantitative estimate of drug-likeness (QED) is 0.667. The first kappa shape index (κ1) is 15.7. The van der Waals surface area contributed by atoms with Crippen LogP contribution in [0.1, 0.15) is 20.8 Å². The Bertz CT molecular complexity index is 340. The predicted octanol–water partition coefficient (Wildman–Crippen LogP) is -0.112. The molecule has 0 bridgehead atoms. The summed E-state index contributed by atoms with van der Waals surface area (Å²) in [5.41, 5.74) is -0.595. The number of amides is 2. The average molecular weight is 274 g/mol. The molecule has 1 fully saturated rings. The van der Waals surface area contributed by atoms with E-state index in [9.17, 15) is 19.8 Å². The molecule has 1 rings (SSSR count). The topological polar surface area (TPSA) is 99.1 Å². The van der Waals surface area contributed by atoms with E-state index in [2.05, 4.69) is 5.32 Å². The van der Waals surface area contributed by atoms with Crippen LogP contribution in [0.15, 0.2) is 0 Å². The molecule has 1 aliphatic rings. The molecule has 3 N–H and O–H groups in total. The second-order valence-corrected chi connectivity index (χ2v) is 5.69. The fourth-order valence-corrected chi connectivity index (χ4v) is 1.93. The number of aliphatic carboxylic acids is 1. The molecule has 0 aromatic heterocycles. The zero-order valence-corrected chi connectivity index (χ0v) is 11.5. The molecule has 7 heteroatoms. The first-order valence-electron chi connectivity index (χ1n) is 6.26. The van der Waals surface area contributed by atoms with Gasteiger partial charge in [-0.05, 0) is 5.41 Å². The second-order valence-electron chi connectivity index (χ2n) is 5.69. The number of ether oxygens (including phenoxy) is 1. The van der Waals surface area contributed by atoms with Gasteiger partial charge in [0, 0.05) is 6.54 Å². The van der Waals surface area contributed by atoms with Crippen LogP contribution in [0.25, 0.3) is 0 Å². The van der Waals surface area contributed by atoms with Gasteiger partial charge < -0.3 is 25.2 Å². The molecule has 2 amide bonds. The third kappa shape index (κ3) is 4.07. The molecule has 0 aromatic rings. The van der Waals surface area contributed by atoms with Gasteiger partial charge in [-0.25, -0.2) is 9.59 Å². The lowest BCUT2D eigenvalue weighted by molar-refractivity contribution is -0.142. The normalized spacial score (nSPS) is 21.9. The number of carboxylic acid groups (broad SMARTS) is 1. The first-order valence-corrected chi connectivity index (χ1v) is 6.26. The van der Waals surface area contributed by atoms with Gasteiger partial charge in [0.1, 0.15) is 6.04 Å². The van der Waals surface area contributed by atoms with Crippen molar-refractivity contribution in [3.8, 4) is 0 Å². The Balaban J connectivity index is 2.73. The van der Waals surface area contributed by atoms with Crippen LogP contribution >= 0.6 is 0 Å². The Morgan fingerprint density at radius 1 is 1.47 bits per heavy atom. The Hall–Kier alpha value is -1.34. The molecule has 0 spiro atoms. The Morgan fingerprint density at radius 2 is 2.11 bits per heavy atom. The molecule has 1 heterocycles. The minimum absolute atomic E-state index is 0.208. The minimum Gasteiger partial charge on any atom is -0.480 e. The molecule has 1 saturated heterocycles. The molecule has 7 nitrogen and oxygen atoms in total. The van der Waals surface area contributed by atoms with Gasteiger partial charge in [-0.1, -0.05) is 20.8 Å². The maximum Gasteiger partial charge on any atom is 0.326 e. The maximum absolute atomic E-state index is 12.1. The van der Waals surface area contributed by atoms with Crippen molar-refractivity contribution in [1.29, 1.82) is 0 Å². The van der Waals surface area contributed by atoms with Crippen LogP contribution in [0, 0.1) is 5.41 Å². The van der Waals surface area contributed by atoms with Gasteiger partial charge in [0.25, 0.3) is 0 Å². The number of carbonyl (C=O) groups excluding carboxylic acids is 1. The number of aliphatic hydroxyl groups is 1. The molecule has 0 saturated carbocycles. The lowest BCUT2D eigenvalue weighted by Crippen LogP contribution is -2.58. The minimum atomic E-state index is -1.07. The summed E-state index contributed by atoms with van der Waals surface area (Å²) in [6, 6.07) is -1.89. The lowest BCUT2D eigenvalue weighted by atomic mass is 9.87. The molecule has 2 atom stereocenters. The summed E-state index contributed by atoms with van der Waals surface area (Å²) >= 11 is 0. The predicted molar refractivity (Wildman–Crippen MR) is 67.8 cm³/mol. The van der Waals surface area contributed by atoms with Crippen molar-refractivity contribution in [1.82, 2.24) is 10.2 Å². The fraction of sp³-hybridized carbons (Fsp3) is 0.833. The van der Waals surface area contributed by atoms with Gasteiger partial charge in [0.15, 0.2) is 0 Å². The highest BCUT2D eigenvalue weighted by Crippen LogP contribution is 2.20. The Labute approximate surface area is 112 Å². The van der Waals surface area contributed by atoms with Gasteiger partial charge in [-0.2, -0.15) is 0 Å². The van der Waals surface area contributed by atoms with Crippen LogP contribution in [0.4, 0.5) is 4.79 Å². The molecule has 110 valence electrons. The highest BCUT2D eigenvalue weighted by Gasteiger charge is 2.35. The van der Waals surface area contributed by atoms with E-state index >= 15 is 0 Å². The molecule has 0 aliphatic carbocycles. The number of urea groups is 1. The summed E-state index contributed by atoms with van der Waals surface area (Å²) in [6.45, 7) is 6.02. The van der Waals surface area contributed by atoms with Crippen molar-refractivity contribution in [2.45, 2.75) is 32.9 Å². The standard InChI is InChI=1S/C12H22N2O5/c1-12(2,3)9(10(16)17)13-11(18)14-4-5-19-7-8(14)6-15/h8-9,15H,4-7H2,1-3H3,(H,13,18)(H,16,17). The molecule has 2 unspecified atom stereocenters. The molecule has 0 radical (unpaired) electrons. The molecular weight excluding hydrogens is 252 g/mol. The highest BCUT2D eigenvalue weighted by molar-refractivity contribution is 5.83. The van der Waals surface area contributed by atoms with E-state index in [1.165, 1.54) is 4.90 Å². The van der Waals surface area contributed by atoms with Crippen LogP contribution < -0.4 is 5.32 Å². The van der Waals surface area contributed by atoms with E-state index in [1.54, 1.807) is 20.8 Å². The average Bonchev–Trinajstić information content (AvgIpc) is 2.33. The van der Waals surface area contributed by atoms with Crippen LogP contribution in [0.3, 0.4) is 0 Å². The van der Waals surface area contributed by atoms with Crippen LogP contribution in [0.5, 0.6) is 0 Å².